The summed E-state index contributed by atoms with van der Waals surface area (Å²) >= 11 is 11.7. The largest absolute Gasteiger partial charge is 0.487 e. The van der Waals surface area contributed by atoms with Crippen LogP contribution in [0.2, 0.25) is 5.02 Å². The van der Waals surface area contributed by atoms with E-state index in [2.05, 4.69) is 4.98 Å². The predicted octanol–water partition coefficient (Wildman–Crippen LogP) is 4.36. The summed E-state index contributed by atoms with van der Waals surface area (Å²) in [6.07, 6.45) is 0. The van der Waals surface area contributed by atoms with Gasteiger partial charge in [-0.05, 0) is 36.8 Å². The highest BCUT2D eigenvalue weighted by Gasteiger charge is 2.05. The smallest absolute Gasteiger partial charge is 0.142 e. The van der Waals surface area contributed by atoms with Gasteiger partial charge in [-0.1, -0.05) is 23.7 Å². The summed E-state index contributed by atoms with van der Waals surface area (Å²) in [4.78, 5) is 4.34. The maximum absolute atomic E-state index is 5.85. The van der Waals surface area contributed by atoms with Crippen molar-refractivity contribution < 1.29 is 4.74 Å². The first kappa shape index (κ1) is 13.2. The zero-order valence-electron chi connectivity index (χ0n) is 9.99. The van der Waals surface area contributed by atoms with Gasteiger partial charge in [0.25, 0.3) is 0 Å². The van der Waals surface area contributed by atoms with E-state index in [0.717, 1.165) is 27.7 Å². The fourth-order valence-corrected chi connectivity index (χ4v) is 1.88. The number of hydrogen-bond acceptors (Lipinski definition) is 2. The first-order valence-corrected chi connectivity index (χ1v) is 6.50. The number of benzene rings is 1. The van der Waals surface area contributed by atoms with Crippen LogP contribution in [-0.2, 0) is 12.5 Å². The average molecular weight is 282 g/mol. The minimum atomic E-state index is 0.345. The number of aromatic nitrogens is 1. The van der Waals surface area contributed by atoms with Crippen molar-refractivity contribution in [2.75, 3.05) is 0 Å². The molecule has 0 saturated carbocycles. The zero-order chi connectivity index (χ0) is 13.0. The fraction of sp³-hybridized carbons (Fsp3) is 0.214. The molecule has 0 atom stereocenters. The van der Waals surface area contributed by atoms with Crippen LogP contribution in [-0.4, -0.2) is 4.98 Å². The number of hydrogen-bond donors (Lipinski definition) is 0. The molecule has 1 aromatic carbocycles. The summed E-state index contributed by atoms with van der Waals surface area (Å²) in [5.74, 6) is 1.07. The van der Waals surface area contributed by atoms with Gasteiger partial charge in [0.2, 0.25) is 0 Å². The number of rotatable bonds is 4. The molecule has 0 aliphatic heterocycles. The molecule has 2 rings (SSSR count). The van der Waals surface area contributed by atoms with Crippen molar-refractivity contribution in [2.45, 2.75) is 19.4 Å². The van der Waals surface area contributed by atoms with Gasteiger partial charge in [-0.2, -0.15) is 0 Å². The van der Waals surface area contributed by atoms with Gasteiger partial charge in [0.05, 0.1) is 11.6 Å². The normalized spacial score (nSPS) is 10.4. The Morgan fingerprint density at radius 2 is 1.83 bits per heavy atom. The van der Waals surface area contributed by atoms with Gasteiger partial charge in [-0.3, -0.25) is 4.98 Å². The zero-order valence-corrected chi connectivity index (χ0v) is 11.5. The van der Waals surface area contributed by atoms with Crippen molar-refractivity contribution in [3.05, 3.63) is 58.4 Å². The molecule has 0 spiro atoms. The van der Waals surface area contributed by atoms with Gasteiger partial charge in [-0.25, -0.2) is 0 Å². The van der Waals surface area contributed by atoms with Crippen LogP contribution < -0.4 is 4.74 Å². The van der Waals surface area contributed by atoms with E-state index in [1.54, 1.807) is 0 Å². The van der Waals surface area contributed by atoms with Crippen LogP contribution >= 0.6 is 23.2 Å². The van der Waals surface area contributed by atoms with E-state index in [1.165, 1.54) is 0 Å². The van der Waals surface area contributed by atoms with Gasteiger partial charge >= 0.3 is 0 Å². The Kier molecular flexibility index (Phi) is 4.45. The lowest BCUT2D eigenvalue weighted by molar-refractivity contribution is 0.302. The van der Waals surface area contributed by atoms with Crippen molar-refractivity contribution in [2.24, 2.45) is 0 Å². The topological polar surface area (TPSA) is 22.1 Å². The molecule has 0 amide bonds. The molecule has 1 aromatic heterocycles. The van der Waals surface area contributed by atoms with Crippen LogP contribution in [0.3, 0.4) is 0 Å². The standard InChI is InChI=1S/C14H13Cl2NO/c1-10-2-7-14(13(8-15)17-10)18-9-11-3-5-12(16)6-4-11/h2-7H,8-9H2,1H3. The van der Waals surface area contributed by atoms with E-state index in [9.17, 15) is 0 Å². The Balaban J connectivity index is 2.08. The lowest BCUT2D eigenvalue weighted by atomic mass is 10.2. The number of pyridine rings is 1. The second-order valence-electron chi connectivity index (χ2n) is 3.95. The number of nitrogens with zero attached hydrogens (tertiary/aromatic N) is 1. The molecule has 4 heteroatoms. The Hall–Kier alpha value is -1.25. The summed E-state index contributed by atoms with van der Waals surface area (Å²) in [7, 11) is 0. The molecular weight excluding hydrogens is 269 g/mol. The van der Waals surface area contributed by atoms with Gasteiger partial charge in [0.15, 0.2) is 0 Å². The summed E-state index contributed by atoms with van der Waals surface area (Å²) in [5, 5.41) is 0.720. The van der Waals surface area contributed by atoms with Crippen LogP contribution in [0, 0.1) is 6.92 Å². The fourth-order valence-electron chi connectivity index (χ4n) is 1.57. The molecule has 18 heavy (non-hydrogen) atoms. The van der Waals surface area contributed by atoms with Crippen LogP contribution in [0.1, 0.15) is 17.0 Å². The van der Waals surface area contributed by atoms with Gasteiger partial charge in [0, 0.05) is 10.7 Å². The molecule has 2 aromatic rings. The molecule has 1 heterocycles. The van der Waals surface area contributed by atoms with Crippen molar-refractivity contribution in [3.63, 3.8) is 0 Å². The second kappa shape index (κ2) is 6.07. The van der Waals surface area contributed by atoms with Gasteiger partial charge in [-0.15, -0.1) is 11.6 Å². The molecule has 0 aliphatic rings. The third kappa shape index (κ3) is 3.37. The Morgan fingerprint density at radius 3 is 2.50 bits per heavy atom. The molecular formula is C14H13Cl2NO. The first-order valence-electron chi connectivity index (χ1n) is 5.59. The van der Waals surface area contributed by atoms with E-state index >= 15 is 0 Å². The second-order valence-corrected chi connectivity index (χ2v) is 4.65. The van der Waals surface area contributed by atoms with Crippen molar-refractivity contribution in [3.8, 4) is 5.75 Å². The predicted molar refractivity (Wildman–Crippen MR) is 74.3 cm³/mol. The van der Waals surface area contributed by atoms with E-state index in [4.69, 9.17) is 27.9 Å². The Morgan fingerprint density at radius 1 is 1.11 bits per heavy atom. The number of alkyl halides is 1. The molecule has 0 N–H and O–H groups in total. The minimum absolute atomic E-state index is 0.345. The highest BCUT2D eigenvalue weighted by Crippen LogP contribution is 2.20. The van der Waals surface area contributed by atoms with Crippen LogP contribution in [0.4, 0.5) is 0 Å². The van der Waals surface area contributed by atoms with E-state index in [1.807, 2.05) is 43.3 Å². The third-order valence-corrected chi connectivity index (χ3v) is 3.01. The third-order valence-electron chi connectivity index (χ3n) is 2.51. The van der Waals surface area contributed by atoms with Crippen molar-refractivity contribution in [1.82, 2.24) is 4.98 Å². The summed E-state index contributed by atoms with van der Waals surface area (Å²) in [6.45, 7) is 2.41. The van der Waals surface area contributed by atoms with Crippen molar-refractivity contribution >= 4 is 23.2 Å². The Bertz CT molecular complexity index is 526. The molecule has 0 radical (unpaired) electrons. The van der Waals surface area contributed by atoms with Gasteiger partial charge in [0.1, 0.15) is 12.4 Å². The van der Waals surface area contributed by atoms with Crippen LogP contribution in [0.25, 0.3) is 0 Å². The van der Waals surface area contributed by atoms with E-state index < -0.39 is 0 Å². The van der Waals surface area contributed by atoms with Crippen molar-refractivity contribution in [1.29, 1.82) is 0 Å². The lowest BCUT2D eigenvalue weighted by Gasteiger charge is -2.10. The molecule has 0 saturated heterocycles. The SMILES string of the molecule is Cc1ccc(OCc2ccc(Cl)cc2)c(CCl)n1. The van der Waals surface area contributed by atoms with E-state index in [0.29, 0.717) is 12.5 Å². The monoisotopic (exact) mass is 281 g/mol. The summed E-state index contributed by atoms with van der Waals surface area (Å²) < 4.78 is 5.72. The summed E-state index contributed by atoms with van der Waals surface area (Å²) in [6, 6.07) is 11.4. The minimum Gasteiger partial charge on any atom is -0.487 e. The molecule has 2 nitrogen and oxygen atoms in total. The lowest BCUT2D eigenvalue weighted by Crippen LogP contribution is -2.00. The van der Waals surface area contributed by atoms with E-state index in [-0.39, 0.29) is 0 Å². The molecule has 94 valence electrons. The molecule has 0 bridgehead atoms. The molecule has 0 unspecified atom stereocenters. The average Bonchev–Trinajstić information content (AvgIpc) is 2.39. The first-order chi connectivity index (χ1) is 8.69. The molecule has 0 aliphatic carbocycles. The van der Waals surface area contributed by atoms with Crippen LogP contribution in [0.5, 0.6) is 5.75 Å². The van der Waals surface area contributed by atoms with Crippen LogP contribution in [0.15, 0.2) is 36.4 Å². The highest BCUT2D eigenvalue weighted by molar-refractivity contribution is 6.30. The number of ether oxygens (including phenoxy) is 1. The maximum atomic E-state index is 5.85. The Labute approximate surface area is 117 Å². The summed E-state index contributed by atoms with van der Waals surface area (Å²) in [5.41, 5.74) is 2.76. The number of halogens is 2. The highest BCUT2D eigenvalue weighted by atomic mass is 35.5. The van der Waals surface area contributed by atoms with Gasteiger partial charge < -0.3 is 4.74 Å². The quantitative estimate of drug-likeness (QED) is 0.777. The molecule has 0 fully saturated rings. The number of aryl methyl sites for hydroxylation is 1. The maximum Gasteiger partial charge on any atom is 0.142 e.